The van der Waals surface area contributed by atoms with Crippen LogP contribution in [0.15, 0.2) is 0 Å². The quantitative estimate of drug-likeness (QED) is 0.755. The topological polar surface area (TPSA) is 35.2 Å². The average molecular weight is 199 g/mol. The van der Waals surface area contributed by atoms with Gasteiger partial charge in [0.25, 0.3) is 0 Å². The van der Waals surface area contributed by atoms with Crippen LogP contribution in [0.25, 0.3) is 0 Å². The maximum absolute atomic E-state index is 6.16. The molecule has 84 valence electrons. The van der Waals surface area contributed by atoms with Crippen molar-refractivity contribution in [2.24, 2.45) is 17.6 Å². The van der Waals surface area contributed by atoms with E-state index in [4.69, 9.17) is 10.5 Å². The lowest BCUT2D eigenvalue weighted by Crippen LogP contribution is -2.42. The van der Waals surface area contributed by atoms with Gasteiger partial charge in [0.2, 0.25) is 0 Å². The molecule has 1 saturated carbocycles. The molecule has 0 aromatic rings. The summed E-state index contributed by atoms with van der Waals surface area (Å²) in [5.41, 5.74) is 6.16. The molecule has 0 aromatic heterocycles. The summed E-state index contributed by atoms with van der Waals surface area (Å²) < 4.78 is 5.29. The molecule has 1 fully saturated rings. The average Bonchev–Trinajstić information content (AvgIpc) is 2.27. The maximum atomic E-state index is 6.16. The zero-order valence-electron chi connectivity index (χ0n) is 9.83. The Hall–Kier alpha value is -0.0800. The summed E-state index contributed by atoms with van der Waals surface area (Å²) in [5.74, 6) is 1.64. The summed E-state index contributed by atoms with van der Waals surface area (Å²) in [6.07, 6.45) is 6.87. The van der Waals surface area contributed by atoms with E-state index in [1.54, 1.807) is 7.11 Å². The highest BCUT2D eigenvalue weighted by Crippen LogP contribution is 2.32. The summed E-state index contributed by atoms with van der Waals surface area (Å²) >= 11 is 0. The first-order chi connectivity index (χ1) is 6.69. The lowest BCUT2D eigenvalue weighted by atomic mass is 9.77. The van der Waals surface area contributed by atoms with Gasteiger partial charge < -0.3 is 10.5 Å². The van der Waals surface area contributed by atoms with Crippen LogP contribution < -0.4 is 5.73 Å². The second-order valence-electron chi connectivity index (χ2n) is 4.71. The van der Waals surface area contributed by atoms with Gasteiger partial charge in [0, 0.05) is 13.2 Å². The molecule has 0 amide bonds. The van der Waals surface area contributed by atoms with Crippen molar-refractivity contribution in [3.8, 4) is 0 Å². The molecular formula is C12H25NO. The van der Waals surface area contributed by atoms with Crippen LogP contribution in [0.1, 0.15) is 46.0 Å². The normalized spacial score (nSPS) is 32.6. The van der Waals surface area contributed by atoms with Crippen molar-refractivity contribution >= 4 is 0 Å². The van der Waals surface area contributed by atoms with Crippen LogP contribution >= 0.6 is 0 Å². The van der Waals surface area contributed by atoms with Gasteiger partial charge >= 0.3 is 0 Å². The molecule has 2 heteroatoms. The number of hydrogen-bond donors (Lipinski definition) is 1. The van der Waals surface area contributed by atoms with E-state index >= 15 is 0 Å². The molecule has 0 bridgehead atoms. The van der Waals surface area contributed by atoms with E-state index in [0.29, 0.717) is 5.92 Å². The molecule has 0 radical (unpaired) electrons. The van der Waals surface area contributed by atoms with Crippen LogP contribution in [0, 0.1) is 11.8 Å². The molecule has 0 heterocycles. The number of hydrogen-bond acceptors (Lipinski definition) is 2. The predicted octanol–water partition coefficient (Wildman–Crippen LogP) is 2.57. The van der Waals surface area contributed by atoms with Crippen LogP contribution in [0.3, 0.4) is 0 Å². The Labute approximate surface area is 88.2 Å². The minimum atomic E-state index is 0.207. The van der Waals surface area contributed by atoms with Gasteiger partial charge in [0.15, 0.2) is 0 Å². The van der Waals surface area contributed by atoms with Crippen LogP contribution in [0.2, 0.25) is 0 Å². The summed E-state index contributed by atoms with van der Waals surface area (Å²) in [5, 5.41) is 0. The number of nitrogens with two attached hydrogens (primary N) is 1. The molecule has 2 nitrogen and oxygen atoms in total. The zero-order valence-corrected chi connectivity index (χ0v) is 9.83. The fourth-order valence-corrected chi connectivity index (χ4v) is 2.52. The molecular weight excluding hydrogens is 174 g/mol. The van der Waals surface area contributed by atoms with Crippen LogP contribution in [-0.2, 0) is 4.74 Å². The van der Waals surface area contributed by atoms with Crippen LogP contribution in [0.4, 0.5) is 0 Å². The fraction of sp³-hybridized carbons (Fsp3) is 1.00. The number of rotatable bonds is 4. The first-order valence-corrected chi connectivity index (χ1v) is 5.97. The molecule has 0 aromatic carbocycles. The highest BCUT2D eigenvalue weighted by atomic mass is 16.5. The number of methoxy groups -OCH3 is 1. The maximum Gasteiger partial charge on any atom is 0.0696 e. The van der Waals surface area contributed by atoms with Crippen molar-refractivity contribution in [2.45, 2.75) is 58.1 Å². The third-order valence-electron chi connectivity index (χ3n) is 3.93. The Balaban J connectivity index is 2.33. The molecule has 14 heavy (non-hydrogen) atoms. The summed E-state index contributed by atoms with van der Waals surface area (Å²) in [4.78, 5) is 0. The van der Waals surface area contributed by atoms with Gasteiger partial charge in [-0.1, -0.05) is 26.2 Å². The predicted molar refractivity (Wildman–Crippen MR) is 60.2 cm³/mol. The Kier molecular flexibility index (Phi) is 4.90. The van der Waals surface area contributed by atoms with Crippen molar-refractivity contribution < 1.29 is 4.74 Å². The van der Waals surface area contributed by atoms with Gasteiger partial charge in [-0.2, -0.15) is 0 Å². The molecule has 0 saturated heterocycles. The molecule has 2 unspecified atom stereocenters. The monoisotopic (exact) mass is 199 g/mol. The highest BCUT2D eigenvalue weighted by molar-refractivity contribution is 4.82. The second-order valence-corrected chi connectivity index (χ2v) is 4.71. The van der Waals surface area contributed by atoms with E-state index in [1.807, 2.05) is 0 Å². The van der Waals surface area contributed by atoms with Crippen molar-refractivity contribution in [1.29, 1.82) is 0 Å². The lowest BCUT2D eigenvalue weighted by Gasteiger charge is -2.33. The van der Waals surface area contributed by atoms with Gasteiger partial charge in [0.1, 0.15) is 0 Å². The van der Waals surface area contributed by atoms with Gasteiger partial charge in [-0.25, -0.2) is 0 Å². The minimum absolute atomic E-state index is 0.207. The molecule has 2 atom stereocenters. The first kappa shape index (κ1) is 12.0. The summed E-state index contributed by atoms with van der Waals surface area (Å²) in [6.45, 7) is 4.37. The lowest BCUT2D eigenvalue weighted by molar-refractivity contribution is 0.0633. The van der Waals surface area contributed by atoms with Crippen LogP contribution in [0.5, 0.6) is 0 Å². The first-order valence-electron chi connectivity index (χ1n) is 5.97. The standard InChI is InChI=1S/C12H25NO/c1-4-10-5-7-11(8-6-10)12(13)9(2)14-3/h9-12H,4-8,13H2,1-3H3. The van der Waals surface area contributed by atoms with Crippen molar-refractivity contribution in [3.05, 3.63) is 0 Å². The minimum Gasteiger partial charge on any atom is -0.380 e. The van der Waals surface area contributed by atoms with E-state index in [-0.39, 0.29) is 12.1 Å². The van der Waals surface area contributed by atoms with Crippen molar-refractivity contribution in [2.75, 3.05) is 7.11 Å². The van der Waals surface area contributed by atoms with Crippen molar-refractivity contribution in [3.63, 3.8) is 0 Å². The molecule has 1 rings (SSSR count). The van der Waals surface area contributed by atoms with Crippen molar-refractivity contribution in [1.82, 2.24) is 0 Å². The molecule has 2 N–H and O–H groups in total. The van der Waals surface area contributed by atoms with Gasteiger partial charge in [-0.15, -0.1) is 0 Å². The largest absolute Gasteiger partial charge is 0.380 e. The third-order valence-corrected chi connectivity index (χ3v) is 3.93. The zero-order chi connectivity index (χ0) is 10.6. The number of ether oxygens (including phenoxy) is 1. The van der Waals surface area contributed by atoms with Crippen LogP contribution in [-0.4, -0.2) is 19.3 Å². The van der Waals surface area contributed by atoms with Gasteiger partial charge in [0.05, 0.1) is 6.10 Å². The molecule has 0 aliphatic heterocycles. The molecule has 0 spiro atoms. The SMILES string of the molecule is CCC1CCC(C(N)C(C)OC)CC1. The molecule has 1 aliphatic rings. The van der Waals surface area contributed by atoms with E-state index in [2.05, 4.69) is 13.8 Å². The fourth-order valence-electron chi connectivity index (χ4n) is 2.52. The second kappa shape index (κ2) is 5.72. The van der Waals surface area contributed by atoms with E-state index in [0.717, 1.165) is 5.92 Å². The third kappa shape index (κ3) is 2.96. The highest BCUT2D eigenvalue weighted by Gasteiger charge is 2.27. The Morgan fingerprint density at radius 3 is 2.29 bits per heavy atom. The molecule has 1 aliphatic carbocycles. The van der Waals surface area contributed by atoms with E-state index in [1.165, 1.54) is 32.1 Å². The summed E-state index contributed by atoms with van der Waals surface area (Å²) in [6, 6.07) is 0.234. The Morgan fingerprint density at radius 2 is 1.86 bits per heavy atom. The van der Waals surface area contributed by atoms with E-state index in [9.17, 15) is 0 Å². The van der Waals surface area contributed by atoms with E-state index < -0.39 is 0 Å². The van der Waals surface area contributed by atoms with Gasteiger partial charge in [-0.05, 0) is 31.6 Å². The smallest absolute Gasteiger partial charge is 0.0696 e. The summed E-state index contributed by atoms with van der Waals surface area (Å²) in [7, 11) is 1.75. The Morgan fingerprint density at radius 1 is 1.29 bits per heavy atom. The van der Waals surface area contributed by atoms with Gasteiger partial charge in [-0.3, -0.25) is 0 Å². The Bertz CT molecular complexity index is 152.